The zero-order chi connectivity index (χ0) is 10.4. The van der Waals surface area contributed by atoms with Crippen LogP contribution in [0, 0.1) is 5.41 Å². The highest BCUT2D eigenvalue weighted by Gasteiger charge is 2.45. The Morgan fingerprint density at radius 1 is 1.36 bits per heavy atom. The molecule has 0 aromatic heterocycles. The topological polar surface area (TPSA) is 9.23 Å². The summed E-state index contributed by atoms with van der Waals surface area (Å²) < 4.78 is 6.06. The highest BCUT2D eigenvalue weighted by molar-refractivity contribution is 8.08. The van der Waals surface area contributed by atoms with Crippen LogP contribution in [-0.4, -0.2) is 23.7 Å². The second kappa shape index (κ2) is 3.28. The molecule has 2 aliphatic rings. The molecule has 1 atom stereocenters. The Labute approximate surface area is 91.3 Å². The van der Waals surface area contributed by atoms with Crippen LogP contribution < -0.4 is 0 Å². The molecule has 1 unspecified atom stereocenters. The fourth-order valence-corrected chi connectivity index (χ4v) is 2.91. The maximum Gasteiger partial charge on any atom is 0.0685 e. The molecule has 0 aromatic rings. The van der Waals surface area contributed by atoms with E-state index in [9.17, 15) is 0 Å². The van der Waals surface area contributed by atoms with E-state index < -0.39 is 0 Å². The van der Waals surface area contributed by atoms with Gasteiger partial charge in [0.15, 0.2) is 0 Å². The zero-order valence-electron chi connectivity index (χ0n) is 9.64. The first kappa shape index (κ1) is 10.6. The predicted molar refractivity (Wildman–Crippen MR) is 62.8 cm³/mol. The van der Waals surface area contributed by atoms with Gasteiger partial charge in [0.1, 0.15) is 0 Å². The van der Waals surface area contributed by atoms with Gasteiger partial charge in [0.25, 0.3) is 0 Å². The third kappa shape index (κ3) is 1.87. The molecule has 0 bridgehead atoms. The van der Waals surface area contributed by atoms with E-state index in [0.29, 0.717) is 4.75 Å². The third-order valence-corrected chi connectivity index (χ3v) is 4.63. The van der Waals surface area contributed by atoms with Gasteiger partial charge >= 0.3 is 0 Å². The molecule has 1 nitrogen and oxygen atoms in total. The Kier molecular flexibility index (Phi) is 2.47. The van der Waals surface area contributed by atoms with E-state index in [1.807, 2.05) is 0 Å². The molecule has 2 aliphatic heterocycles. The number of thioether (sulfide) groups is 1. The van der Waals surface area contributed by atoms with E-state index >= 15 is 0 Å². The summed E-state index contributed by atoms with van der Waals surface area (Å²) in [6.07, 6.45) is 1.15. The van der Waals surface area contributed by atoms with Crippen LogP contribution in [0.25, 0.3) is 0 Å². The number of rotatable bonds is 1. The zero-order valence-corrected chi connectivity index (χ0v) is 10.5. The van der Waals surface area contributed by atoms with E-state index in [4.69, 9.17) is 4.74 Å². The Hall–Kier alpha value is 0.0500. The highest BCUT2D eigenvalue weighted by Crippen LogP contribution is 2.54. The minimum absolute atomic E-state index is 0.280. The van der Waals surface area contributed by atoms with Crippen LogP contribution in [0.5, 0.6) is 0 Å². The molecule has 0 aromatic carbocycles. The molecule has 0 radical (unpaired) electrons. The quantitative estimate of drug-likeness (QED) is 0.487. The van der Waals surface area contributed by atoms with Gasteiger partial charge in [-0.2, -0.15) is 0 Å². The monoisotopic (exact) mass is 212 g/mol. The van der Waals surface area contributed by atoms with Crippen molar-refractivity contribution in [3.63, 3.8) is 0 Å². The average Bonchev–Trinajstić information content (AvgIpc) is 2.84. The normalized spacial score (nSPS) is 33.4. The number of hydrogen-bond donors (Lipinski definition) is 0. The summed E-state index contributed by atoms with van der Waals surface area (Å²) in [5, 5.41) is 0. The Bertz CT molecular complexity index is 251. The molecule has 2 heteroatoms. The molecule has 1 fully saturated rings. The molecular formula is C12H20OS. The van der Waals surface area contributed by atoms with Gasteiger partial charge in [0, 0.05) is 10.5 Å². The van der Waals surface area contributed by atoms with Crippen molar-refractivity contribution in [2.24, 2.45) is 5.41 Å². The molecule has 0 aliphatic carbocycles. The van der Waals surface area contributed by atoms with Crippen molar-refractivity contribution in [3.8, 4) is 0 Å². The van der Waals surface area contributed by atoms with Crippen molar-refractivity contribution >= 4 is 11.8 Å². The Balaban J connectivity index is 2.34. The molecule has 14 heavy (non-hydrogen) atoms. The summed E-state index contributed by atoms with van der Waals surface area (Å²) in [5.41, 5.74) is 3.51. The molecule has 2 heterocycles. The van der Waals surface area contributed by atoms with Gasteiger partial charge in [0.2, 0.25) is 0 Å². The van der Waals surface area contributed by atoms with Gasteiger partial charge in [0.05, 0.1) is 13.2 Å². The lowest BCUT2D eigenvalue weighted by Crippen LogP contribution is -2.27. The fraction of sp³-hybridized carbons (Fsp3) is 0.833. The van der Waals surface area contributed by atoms with Gasteiger partial charge in [-0.15, -0.1) is 11.8 Å². The molecule has 1 saturated heterocycles. The first-order valence-electron chi connectivity index (χ1n) is 5.38. The van der Waals surface area contributed by atoms with Crippen LogP contribution in [-0.2, 0) is 4.74 Å². The van der Waals surface area contributed by atoms with Crippen molar-refractivity contribution in [1.29, 1.82) is 0 Å². The van der Waals surface area contributed by atoms with E-state index in [0.717, 1.165) is 19.6 Å². The first-order chi connectivity index (χ1) is 6.43. The standard InChI is InChI=1S/C12H20OS/c1-11(2,3)10-7-13-6-5-9(10)12(4)8-14-12/h5-8H2,1-4H3. The van der Waals surface area contributed by atoms with E-state index in [-0.39, 0.29) is 5.41 Å². The lowest BCUT2D eigenvalue weighted by atomic mass is 9.79. The minimum Gasteiger partial charge on any atom is -0.377 e. The van der Waals surface area contributed by atoms with Crippen LogP contribution in [0.15, 0.2) is 11.1 Å². The SMILES string of the molecule is CC(C)(C)C1=C(C2(C)CS2)CCOC1. The summed E-state index contributed by atoms with van der Waals surface area (Å²) in [7, 11) is 0. The summed E-state index contributed by atoms with van der Waals surface area (Å²) in [4.78, 5) is 0. The van der Waals surface area contributed by atoms with Gasteiger partial charge in [-0.25, -0.2) is 0 Å². The fourth-order valence-electron chi connectivity index (χ4n) is 2.12. The maximum absolute atomic E-state index is 5.59. The summed E-state index contributed by atoms with van der Waals surface area (Å²) in [6.45, 7) is 11.1. The van der Waals surface area contributed by atoms with Crippen LogP contribution in [0.2, 0.25) is 0 Å². The minimum atomic E-state index is 0.280. The first-order valence-corrected chi connectivity index (χ1v) is 6.37. The Morgan fingerprint density at radius 3 is 2.50 bits per heavy atom. The van der Waals surface area contributed by atoms with Crippen molar-refractivity contribution in [3.05, 3.63) is 11.1 Å². The van der Waals surface area contributed by atoms with Crippen LogP contribution in [0.4, 0.5) is 0 Å². The second-order valence-electron chi connectivity index (χ2n) is 5.53. The summed E-state index contributed by atoms with van der Waals surface area (Å²) in [5.74, 6) is 1.31. The lowest BCUT2D eigenvalue weighted by Gasteiger charge is -2.32. The lowest BCUT2D eigenvalue weighted by molar-refractivity contribution is 0.129. The molecule has 0 amide bonds. The van der Waals surface area contributed by atoms with Crippen molar-refractivity contribution in [1.82, 2.24) is 0 Å². The second-order valence-corrected chi connectivity index (χ2v) is 7.01. The van der Waals surface area contributed by atoms with E-state index in [1.165, 1.54) is 5.75 Å². The third-order valence-electron chi connectivity index (χ3n) is 3.23. The van der Waals surface area contributed by atoms with Crippen LogP contribution in [0.1, 0.15) is 34.1 Å². The van der Waals surface area contributed by atoms with Crippen molar-refractivity contribution < 1.29 is 4.74 Å². The largest absolute Gasteiger partial charge is 0.377 e. The Morgan fingerprint density at radius 2 is 2.00 bits per heavy atom. The predicted octanol–water partition coefficient (Wildman–Crippen LogP) is 3.25. The molecule has 0 N–H and O–H groups in total. The van der Waals surface area contributed by atoms with Crippen LogP contribution in [0.3, 0.4) is 0 Å². The average molecular weight is 212 g/mol. The maximum atomic E-state index is 5.59. The molecule has 0 saturated carbocycles. The van der Waals surface area contributed by atoms with E-state index in [1.54, 1.807) is 11.1 Å². The molecule has 80 valence electrons. The van der Waals surface area contributed by atoms with Gasteiger partial charge in [-0.1, -0.05) is 20.8 Å². The number of ether oxygens (including phenoxy) is 1. The highest BCUT2D eigenvalue weighted by atomic mass is 32.2. The smallest absolute Gasteiger partial charge is 0.0685 e. The van der Waals surface area contributed by atoms with Crippen molar-refractivity contribution in [2.75, 3.05) is 19.0 Å². The van der Waals surface area contributed by atoms with Gasteiger partial charge < -0.3 is 4.74 Å². The van der Waals surface area contributed by atoms with Gasteiger partial charge in [-0.3, -0.25) is 0 Å². The molecule has 0 spiro atoms. The van der Waals surface area contributed by atoms with Crippen LogP contribution >= 0.6 is 11.8 Å². The summed E-state index contributed by atoms with van der Waals surface area (Å²) in [6, 6.07) is 0. The van der Waals surface area contributed by atoms with Gasteiger partial charge in [-0.05, 0) is 29.9 Å². The summed E-state index contributed by atoms with van der Waals surface area (Å²) >= 11 is 2.08. The molecular weight excluding hydrogens is 192 g/mol. The van der Waals surface area contributed by atoms with E-state index in [2.05, 4.69) is 39.5 Å². The molecule has 2 rings (SSSR count). The number of hydrogen-bond acceptors (Lipinski definition) is 2. The van der Waals surface area contributed by atoms with Crippen molar-refractivity contribution in [2.45, 2.75) is 38.9 Å².